The van der Waals surface area contributed by atoms with Crippen molar-refractivity contribution in [3.63, 3.8) is 0 Å². The van der Waals surface area contributed by atoms with E-state index in [1.807, 2.05) is 30.6 Å². The van der Waals surface area contributed by atoms with E-state index in [4.69, 9.17) is 4.74 Å². The molecule has 4 rings (SSSR count). The normalized spacial score (nSPS) is 20.7. The fourth-order valence-electron chi connectivity index (χ4n) is 3.58. The molecule has 0 unspecified atom stereocenters. The molecular formula is C20H24N4O. The fraction of sp³-hybridized carbons (Fsp3) is 0.400. The van der Waals surface area contributed by atoms with Crippen molar-refractivity contribution in [2.24, 2.45) is 0 Å². The number of nitrogens with zero attached hydrogens (tertiary/aromatic N) is 2. The van der Waals surface area contributed by atoms with E-state index in [0.29, 0.717) is 12.1 Å². The van der Waals surface area contributed by atoms with Crippen molar-refractivity contribution in [2.45, 2.75) is 51.3 Å². The van der Waals surface area contributed by atoms with Crippen LogP contribution in [-0.2, 0) is 6.54 Å². The molecule has 1 saturated carbocycles. The smallest absolute Gasteiger partial charge is 0.123 e. The van der Waals surface area contributed by atoms with Gasteiger partial charge in [0.1, 0.15) is 5.75 Å². The SMILES string of the molecule is Cc1c(O[C@H]2CC[C@H](NCc3ccccn3)CC2)ccc2[nH]ncc12. The van der Waals surface area contributed by atoms with Crippen molar-refractivity contribution in [2.75, 3.05) is 0 Å². The number of aromatic amines is 1. The summed E-state index contributed by atoms with van der Waals surface area (Å²) in [6.07, 6.45) is 8.48. The van der Waals surface area contributed by atoms with Gasteiger partial charge in [0.2, 0.25) is 0 Å². The molecule has 0 atom stereocenters. The molecule has 2 aromatic heterocycles. The number of hydrogen-bond donors (Lipinski definition) is 2. The minimum absolute atomic E-state index is 0.302. The molecule has 0 spiro atoms. The molecule has 0 saturated heterocycles. The summed E-state index contributed by atoms with van der Waals surface area (Å²) in [4.78, 5) is 4.37. The third kappa shape index (κ3) is 3.66. The van der Waals surface area contributed by atoms with E-state index in [2.05, 4.69) is 39.6 Å². The van der Waals surface area contributed by atoms with Crippen molar-refractivity contribution >= 4 is 10.9 Å². The number of nitrogens with one attached hydrogen (secondary N) is 2. The lowest BCUT2D eigenvalue weighted by Crippen LogP contribution is -2.36. The van der Waals surface area contributed by atoms with Gasteiger partial charge >= 0.3 is 0 Å². The zero-order valence-corrected chi connectivity index (χ0v) is 14.5. The van der Waals surface area contributed by atoms with Gasteiger partial charge in [0.15, 0.2) is 0 Å². The summed E-state index contributed by atoms with van der Waals surface area (Å²) in [5.74, 6) is 0.985. The van der Waals surface area contributed by atoms with Gasteiger partial charge in [0, 0.05) is 29.7 Å². The number of ether oxygens (including phenoxy) is 1. The Bertz CT molecular complexity index is 822. The maximum atomic E-state index is 6.29. The number of aryl methyl sites for hydroxylation is 1. The second kappa shape index (κ2) is 7.23. The summed E-state index contributed by atoms with van der Waals surface area (Å²) in [5.41, 5.74) is 3.33. The molecule has 0 aliphatic heterocycles. The van der Waals surface area contributed by atoms with E-state index in [9.17, 15) is 0 Å². The average molecular weight is 336 g/mol. The van der Waals surface area contributed by atoms with E-state index in [1.54, 1.807) is 0 Å². The topological polar surface area (TPSA) is 62.8 Å². The van der Waals surface area contributed by atoms with Crippen molar-refractivity contribution in [3.8, 4) is 5.75 Å². The first-order chi connectivity index (χ1) is 12.3. The monoisotopic (exact) mass is 336 g/mol. The molecule has 3 aromatic rings. The van der Waals surface area contributed by atoms with E-state index in [-0.39, 0.29) is 0 Å². The van der Waals surface area contributed by atoms with Crippen LogP contribution in [0, 0.1) is 6.92 Å². The van der Waals surface area contributed by atoms with Gasteiger partial charge in [-0.25, -0.2) is 0 Å². The molecule has 0 amide bonds. The number of fused-ring (bicyclic) bond motifs is 1. The predicted molar refractivity (Wildman–Crippen MR) is 98.6 cm³/mol. The molecule has 130 valence electrons. The Balaban J connectivity index is 1.30. The van der Waals surface area contributed by atoms with Crippen LogP contribution in [0.5, 0.6) is 5.75 Å². The number of hydrogen-bond acceptors (Lipinski definition) is 4. The Hall–Kier alpha value is -2.40. The van der Waals surface area contributed by atoms with Crippen molar-refractivity contribution in [3.05, 3.63) is 54.0 Å². The van der Waals surface area contributed by atoms with Crippen molar-refractivity contribution in [1.29, 1.82) is 0 Å². The summed E-state index contributed by atoms with van der Waals surface area (Å²) < 4.78 is 6.29. The van der Waals surface area contributed by atoms with Crippen molar-refractivity contribution < 1.29 is 4.74 Å². The number of aromatic nitrogens is 3. The third-order valence-corrected chi connectivity index (χ3v) is 5.11. The highest BCUT2D eigenvalue weighted by Crippen LogP contribution is 2.30. The van der Waals surface area contributed by atoms with E-state index in [0.717, 1.165) is 54.6 Å². The molecule has 1 aliphatic carbocycles. The Kier molecular flexibility index (Phi) is 4.65. The second-order valence-corrected chi connectivity index (χ2v) is 6.81. The van der Waals surface area contributed by atoms with Gasteiger partial charge < -0.3 is 10.1 Å². The van der Waals surface area contributed by atoms with Crippen LogP contribution in [0.25, 0.3) is 10.9 Å². The molecule has 0 bridgehead atoms. The number of rotatable bonds is 5. The van der Waals surface area contributed by atoms with E-state index < -0.39 is 0 Å². The Morgan fingerprint density at radius 1 is 1.16 bits per heavy atom. The lowest BCUT2D eigenvalue weighted by molar-refractivity contribution is 0.138. The molecule has 5 nitrogen and oxygen atoms in total. The minimum atomic E-state index is 0.302. The summed E-state index contributed by atoms with van der Waals surface area (Å²) in [5, 5.41) is 11.9. The Morgan fingerprint density at radius 3 is 2.84 bits per heavy atom. The van der Waals surface area contributed by atoms with Gasteiger partial charge in [-0.3, -0.25) is 10.1 Å². The summed E-state index contributed by atoms with van der Waals surface area (Å²) in [7, 11) is 0. The highest BCUT2D eigenvalue weighted by atomic mass is 16.5. The van der Waals surface area contributed by atoms with Gasteiger partial charge in [-0.1, -0.05) is 6.07 Å². The van der Waals surface area contributed by atoms with Gasteiger partial charge in [0.05, 0.1) is 23.5 Å². The lowest BCUT2D eigenvalue weighted by atomic mass is 9.92. The first-order valence-corrected chi connectivity index (χ1v) is 9.02. The quantitative estimate of drug-likeness (QED) is 0.745. The second-order valence-electron chi connectivity index (χ2n) is 6.81. The average Bonchev–Trinajstić information content (AvgIpc) is 3.14. The first-order valence-electron chi connectivity index (χ1n) is 9.02. The van der Waals surface area contributed by atoms with Crippen LogP contribution >= 0.6 is 0 Å². The van der Waals surface area contributed by atoms with Crippen LogP contribution in [0.4, 0.5) is 0 Å². The summed E-state index contributed by atoms with van der Waals surface area (Å²) in [6, 6.07) is 10.7. The zero-order valence-electron chi connectivity index (χ0n) is 14.5. The Labute approximate surface area is 147 Å². The van der Waals surface area contributed by atoms with Crippen molar-refractivity contribution in [1.82, 2.24) is 20.5 Å². The van der Waals surface area contributed by atoms with Gasteiger partial charge in [0.25, 0.3) is 0 Å². The summed E-state index contributed by atoms with van der Waals surface area (Å²) in [6.45, 7) is 2.94. The van der Waals surface area contributed by atoms with Crippen LogP contribution in [0.2, 0.25) is 0 Å². The number of benzene rings is 1. The lowest BCUT2D eigenvalue weighted by Gasteiger charge is -2.30. The van der Waals surface area contributed by atoms with Gasteiger partial charge in [-0.05, 0) is 56.9 Å². The molecule has 1 aliphatic rings. The third-order valence-electron chi connectivity index (χ3n) is 5.11. The zero-order chi connectivity index (χ0) is 17.1. The van der Waals surface area contributed by atoms with Gasteiger partial charge in [-0.2, -0.15) is 5.10 Å². The maximum Gasteiger partial charge on any atom is 0.123 e. The highest BCUT2D eigenvalue weighted by molar-refractivity contribution is 5.83. The molecule has 1 fully saturated rings. The number of pyridine rings is 1. The van der Waals surface area contributed by atoms with Crippen LogP contribution in [0.1, 0.15) is 36.9 Å². The predicted octanol–water partition coefficient (Wildman–Crippen LogP) is 3.75. The molecular weight excluding hydrogens is 312 g/mol. The van der Waals surface area contributed by atoms with Crippen LogP contribution in [-0.4, -0.2) is 27.3 Å². The molecule has 5 heteroatoms. The van der Waals surface area contributed by atoms with E-state index in [1.165, 1.54) is 5.56 Å². The minimum Gasteiger partial charge on any atom is -0.490 e. The summed E-state index contributed by atoms with van der Waals surface area (Å²) >= 11 is 0. The Morgan fingerprint density at radius 2 is 2.04 bits per heavy atom. The number of H-pyrrole nitrogens is 1. The first kappa shape index (κ1) is 16.1. The maximum absolute atomic E-state index is 6.29. The highest BCUT2D eigenvalue weighted by Gasteiger charge is 2.23. The van der Waals surface area contributed by atoms with E-state index >= 15 is 0 Å². The van der Waals surface area contributed by atoms with Crippen LogP contribution in [0.3, 0.4) is 0 Å². The molecule has 1 aromatic carbocycles. The molecule has 2 heterocycles. The largest absolute Gasteiger partial charge is 0.490 e. The standard InChI is InChI=1S/C20H24N4O/c1-14-18-13-23-24-19(18)9-10-20(14)25-17-7-5-15(6-8-17)22-12-16-4-2-3-11-21-16/h2-4,9-11,13,15,17,22H,5-8,12H2,1H3,(H,23,24)/t15-,17-. The van der Waals surface area contributed by atoms with Gasteiger partial charge in [-0.15, -0.1) is 0 Å². The fourth-order valence-corrected chi connectivity index (χ4v) is 3.58. The van der Waals surface area contributed by atoms with Crippen LogP contribution < -0.4 is 10.1 Å². The van der Waals surface area contributed by atoms with Crippen LogP contribution in [0.15, 0.2) is 42.7 Å². The molecule has 2 N–H and O–H groups in total. The molecule has 25 heavy (non-hydrogen) atoms. The molecule has 0 radical (unpaired) electrons.